The number of anilines is 1. The molecule has 0 saturated carbocycles. The highest BCUT2D eigenvalue weighted by Crippen LogP contribution is 2.22. The molecular weight excluding hydrogens is 372 g/mol. The molecule has 1 aliphatic heterocycles. The molecule has 2 heterocycles. The predicted octanol–water partition coefficient (Wildman–Crippen LogP) is 2.66. The van der Waals surface area contributed by atoms with Crippen molar-refractivity contribution in [1.82, 2.24) is 20.4 Å². The Bertz CT molecular complexity index is 948. The van der Waals surface area contributed by atoms with Crippen molar-refractivity contribution in [2.24, 2.45) is 4.99 Å². The third-order valence-corrected chi connectivity index (χ3v) is 4.47. The van der Waals surface area contributed by atoms with Gasteiger partial charge in [-0.2, -0.15) is 5.10 Å². The van der Waals surface area contributed by atoms with E-state index >= 15 is 0 Å². The van der Waals surface area contributed by atoms with E-state index in [2.05, 4.69) is 20.7 Å². The van der Waals surface area contributed by atoms with Gasteiger partial charge < -0.3 is 15.4 Å². The SMILES string of the molecule is COCNC(=O)N(C(=O)NCc1ccccc1)c1cnn(CC2=C(C)N=C2C)c1. The van der Waals surface area contributed by atoms with E-state index in [1.165, 1.54) is 13.3 Å². The molecule has 29 heavy (non-hydrogen) atoms. The third-order valence-electron chi connectivity index (χ3n) is 4.47. The topological polar surface area (TPSA) is 101 Å². The highest BCUT2D eigenvalue weighted by molar-refractivity contribution is 6.13. The van der Waals surface area contributed by atoms with Crippen LogP contribution in [0.15, 0.2) is 59.0 Å². The highest BCUT2D eigenvalue weighted by Gasteiger charge is 2.25. The van der Waals surface area contributed by atoms with Crippen molar-refractivity contribution in [2.75, 3.05) is 18.7 Å². The van der Waals surface area contributed by atoms with Crippen LogP contribution < -0.4 is 15.5 Å². The molecule has 9 nitrogen and oxygen atoms in total. The molecule has 0 spiro atoms. The minimum Gasteiger partial charge on any atom is -0.364 e. The van der Waals surface area contributed by atoms with Crippen molar-refractivity contribution in [3.05, 3.63) is 59.6 Å². The summed E-state index contributed by atoms with van der Waals surface area (Å²) in [6.45, 7) is 4.68. The van der Waals surface area contributed by atoms with Gasteiger partial charge in [0.2, 0.25) is 0 Å². The van der Waals surface area contributed by atoms with Crippen LogP contribution in [0.4, 0.5) is 15.3 Å². The fourth-order valence-corrected chi connectivity index (χ4v) is 2.93. The number of hydrogen-bond acceptors (Lipinski definition) is 5. The molecular formula is C20H24N6O3. The van der Waals surface area contributed by atoms with Gasteiger partial charge in [0, 0.05) is 36.8 Å². The third kappa shape index (κ3) is 4.88. The summed E-state index contributed by atoms with van der Waals surface area (Å²) >= 11 is 0. The average Bonchev–Trinajstić information content (AvgIpc) is 3.18. The number of imide groups is 1. The number of ether oxygens (including phenoxy) is 1. The van der Waals surface area contributed by atoms with E-state index in [-0.39, 0.29) is 6.73 Å². The Labute approximate surface area is 169 Å². The number of hydrogen-bond donors (Lipinski definition) is 2. The van der Waals surface area contributed by atoms with Crippen LogP contribution in [0.2, 0.25) is 0 Å². The number of carbonyl (C=O) groups excluding carboxylic acids is 2. The smallest absolute Gasteiger partial charge is 0.332 e. The Morgan fingerprint density at radius 3 is 2.52 bits per heavy atom. The summed E-state index contributed by atoms with van der Waals surface area (Å²) in [5.41, 5.74) is 4.32. The number of benzene rings is 1. The predicted molar refractivity (Wildman–Crippen MR) is 110 cm³/mol. The Hall–Kier alpha value is -3.46. The lowest BCUT2D eigenvalue weighted by Crippen LogP contribution is -2.49. The quantitative estimate of drug-likeness (QED) is 0.703. The van der Waals surface area contributed by atoms with Crippen LogP contribution in [0.5, 0.6) is 0 Å². The first-order valence-corrected chi connectivity index (χ1v) is 9.16. The molecule has 0 atom stereocenters. The van der Waals surface area contributed by atoms with Crippen LogP contribution in [-0.4, -0.2) is 41.4 Å². The fraction of sp³-hybridized carbons (Fsp3) is 0.300. The van der Waals surface area contributed by atoms with Crippen LogP contribution in [0.1, 0.15) is 19.4 Å². The molecule has 1 aromatic heterocycles. The maximum Gasteiger partial charge on any atom is 0.332 e. The van der Waals surface area contributed by atoms with Gasteiger partial charge in [-0.1, -0.05) is 30.3 Å². The van der Waals surface area contributed by atoms with Crippen LogP contribution in [0.25, 0.3) is 0 Å². The molecule has 1 aromatic carbocycles. The molecule has 0 radical (unpaired) electrons. The van der Waals surface area contributed by atoms with Crippen molar-refractivity contribution < 1.29 is 14.3 Å². The summed E-state index contributed by atoms with van der Waals surface area (Å²) in [6.07, 6.45) is 3.13. The first-order valence-electron chi connectivity index (χ1n) is 9.16. The molecule has 2 aromatic rings. The molecule has 9 heteroatoms. The lowest BCUT2D eigenvalue weighted by molar-refractivity contribution is 0.174. The molecule has 3 rings (SSSR count). The molecule has 2 N–H and O–H groups in total. The number of methoxy groups -OCH3 is 1. The van der Waals surface area contributed by atoms with Gasteiger partial charge in [-0.3, -0.25) is 9.67 Å². The highest BCUT2D eigenvalue weighted by atomic mass is 16.5. The summed E-state index contributed by atoms with van der Waals surface area (Å²) in [7, 11) is 1.46. The summed E-state index contributed by atoms with van der Waals surface area (Å²) in [6, 6.07) is 8.30. The Morgan fingerprint density at radius 1 is 1.14 bits per heavy atom. The van der Waals surface area contributed by atoms with E-state index in [4.69, 9.17) is 4.74 Å². The zero-order valence-corrected chi connectivity index (χ0v) is 16.7. The number of carbonyl (C=O) groups is 2. The van der Waals surface area contributed by atoms with Gasteiger partial charge in [0.25, 0.3) is 0 Å². The van der Waals surface area contributed by atoms with E-state index in [1.807, 2.05) is 44.2 Å². The molecule has 4 amide bonds. The monoisotopic (exact) mass is 396 g/mol. The number of amides is 4. The maximum atomic E-state index is 12.8. The number of nitrogens with zero attached hydrogens (tertiary/aromatic N) is 4. The lowest BCUT2D eigenvalue weighted by atomic mass is 10.1. The van der Waals surface area contributed by atoms with E-state index < -0.39 is 12.1 Å². The summed E-state index contributed by atoms with van der Waals surface area (Å²) in [4.78, 5) is 30.6. The van der Waals surface area contributed by atoms with E-state index in [0.717, 1.165) is 27.4 Å². The second-order valence-electron chi connectivity index (χ2n) is 6.55. The molecule has 1 aliphatic rings. The summed E-state index contributed by atoms with van der Waals surface area (Å²) in [5.74, 6) is 0. The first-order chi connectivity index (χ1) is 14.0. The zero-order valence-electron chi connectivity index (χ0n) is 16.7. The molecule has 0 unspecified atom stereocenters. The van der Waals surface area contributed by atoms with Crippen LogP contribution in [0, 0.1) is 0 Å². The second kappa shape index (κ2) is 9.16. The van der Waals surface area contributed by atoms with Crippen LogP contribution >= 0.6 is 0 Å². The Balaban J connectivity index is 1.73. The van der Waals surface area contributed by atoms with Gasteiger partial charge >= 0.3 is 12.1 Å². The van der Waals surface area contributed by atoms with Crippen LogP contribution in [0.3, 0.4) is 0 Å². The number of aliphatic imine (C=N–C) groups is 1. The van der Waals surface area contributed by atoms with E-state index in [1.54, 1.807) is 10.9 Å². The van der Waals surface area contributed by atoms with Gasteiger partial charge in [-0.25, -0.2) is 14.5 Å². The minimum atomic E-state index is -0.603. The van der Waals surface area contributed by atoms with Crippen molar-refractivity contribution in [1.29, 1.82) is 0 Å². The Kier molecular flexibility index (Phi) is 6.40. The van der Waals surface area contributed by atoms with E-state index in [0.29, 0.717) is 18.8 Å². The van der Waals surface area contributed by atoms with Crippen molar-refractivity contribution >= 4 is 23.5 Å². The van der Waals surface area contributed by atoms with Gasteiger partial charge in [-0.15, -0.1) is 0 Å². The van der Waals surface area contributed by atoms with E-state index in [9.17, 15) is 9.59 Å². The maximum absolute atomic E-state index is 12.8. The molecule has 0 fully saturated rings. The lowest BCUT2D eigenvalue weighted by Gasteiger charge is -2.20. The molecule has 0 aliphatic carbocycles. The van der Waals surface area contributed by atoms with Gasteiger partial charge in [0.05, 0.1) is 18.4 Å². The van der Waals surface area contributed by atoms with Crippen molar-refractivity contribution in [3.63, 3.8) is 0 Å². The van der Waals surface area contributed by atoms with Gasteiger partial charge in [-0.05, 0) is 19.4 Å². The minimum absolute atomic E-state index is 0.0167. The van der Waals surface area contributed by atoms with Gasteiger partial charge in [0.1, 0.15) is 6.73 Å². The number of rotatable bonds is 7. The number of urea groups is 2. The zero-order chi connectivity index (χ0) is 20.8. The molecule has 0 bridgehead atoms. The number of aromatic nitrogens is 2. The molecule has 0 saturated heterocycles. The standard InChI is InChI=1S/C20H24N6O3/c1-14-18(15(2)24-14)12-25-11-17(10-23-25)26(20(28)22-13-29-3)19(27)21-9-16-7-5-4-6-8-16/h4-8,10-11H,9,12-13H2,1-3H3,(H,21,27)(H,22,28). The number of nitrogens with one attached hydrogen (secondary N) is 2. The molecule has 152 valence electrons. The average molecular weight is 396 g/mol. The van der Waals surface area contributed by atoms with Gasteiger partial charge in [0.15, 0.2) is 0 Å². The Morgan fingerprint density at radius 2 is 1.86 bits per heavy atom. The van der Waals surface area contributed by atoms with Crippen molar-refractivity contribution in [3.8, 4) is 0 Å². The second-order valence-corrected chi connectivity index (χ2v) is 6.55. The summed E-state index contributed by atoms with van der Waals surface area (Å²) in [5, 5.41) is 9.58. The number of allylic oxidation sites excluding steroid dienone is 2. The summed E-state index contributed by atoms with van der Waals surface area (Å²) < 4.78 is 6.55. The largest absolute Gasteiger partial charge is 0.364 e. The van der Waals surface area contributed by atoms with Crippen LogP contribution in [-0.2, 0) is 17.8 Å². The normalized spacial score (nSPS) is 12.9. The first kappa shape index (κ1) is 20.3. The van der Waals surface area contributed by atoms with Crippen molar-refractivity contribution in [2.45, 2.75) is 26.9 Å². The fourth-order valence-electron chi connectivity index (χ4n) is 2.93.